The summed E-state index contributed by atoms with van der Waals surface area (Å²) >= 11 is 0. The number of esters is 1. The summed E-state index contributed by atoms with van der Waals surface area (Å²) in [5.41, 5.74) is 3.73. The van der Waals surface area contributed by atoms with Crippen LogP contribution in [0, 0.1) is 0 Å². The van der Waals surface area contributed by atoms with Gasteiger partial charge in [0.1, 0.15) is 0 Å². The molecule has 29 heavy (non-hydrogen) atoms. The van der Waals surface area contributed by atoms with Crippen LogP contribution in [0.3, 0.4) is 0 Å². The Morgan fingerprint density at radius 2 is 1.76 bits per heavy atom. The number of ether oxygens (including phenoxy) is 3. The Morgan fingerprint density at radius 1 is 0.966 bits per heavy atom. The molecule has 0 atom stereocenters. The van der Waals surface area contributed by atoms with Crippen LogP contribution in [-0.4, -0.2) is 38.0 Å². The molecule has 7 heteroatoms. The predicted molar refractivity (Wildman–Crippen MR) is 107 cm³/mol. The van der Waals surface area contributed by atoms with Crippen molar-refractivity contribution in [2.45, 2.75) is 26.2 Å². The summed E-state index contributed by atoms with van der Waals surface area (Å²) in [6, 6.07) is 10.5. The number of rotatable bonds is 8. The van der Waals surface area contributed by atoms with E-state index in [2.05, 4.69) is 5.32 Å². The lowest BCUT2D eigenvalue weighted by atomic mass is 10.1. The normalized spacial score (nSPS) is 12.1. The van der Waals surface area contributed by atoms with Crippen LogP contribution in [0.4, 0.5) is 5.69 Å². The lowest BCUT2D eigenvalue weighted by molar-refractivity contribution is -0.149. The first-order valence-electron chi connectivity index (χ1n) is 9.35. The summed E-state index contributed by atoms with van der Waals surface area (Å²) in [6.07, 6.45) is 3.22. The van der Waals surface area contributed by atoms with E-state index in [1.165, 1.54) is 31.2 Å². The minimum Gasteiger partial charge on any atom is -0.493 e. The molecule has 152 valence electrons. The monoisotopic (exact) mass is 397 g/mol. The highest BCUT2D eigenvalue weighted by atomic mass is 16.6. The topological polar surface area (TPSA) is 90.9 Å². The van der Waals surface area contributed by atoms with Gasteiger partial charge in [-0.05, 0) is 67.6 Å². The van der Waals surface area contributed by atoms with Gasteiger partial charge in [-0.1, -0.05) is 6.07 Å². The zero-order valence-electron chi connectivity index (χ0n) is 16.4. The van der Waals surface area contributed by atoms with Crippen molar-refractivity contribution in [3.63, 3.8) is 0 Å². The summed E-state index contributed by atoms with van der Waals surface area (Å²) in [7, 11) is 1.44. The number of ketones is 1. The van der Waals surface area contributed by atoms with Gasteiger partial charge in [0.25, 0.3) is 5.91 Å². The second kappa shape index (κ2) is 9.23. The summed E-state index contributed by atoms with van der Waals surface area (Å²) in [4.78, 5) is 35.3. The van der Waals surface area contributed by atoms with E-state index in [9.17, 15) is 14.4 Å². The van der Waals surface area contributed by atoms with Crippen LogP contribution in [-0.2, 0) is 27.2 Å². The number of fused-ring (bicyclic) bond motifs is 1. The number of carbonyl (C=O) groups is 3. The molecule has 1 N–H and O–H groups in total. The maximum Gasteiger partial charge on any atom is 0.344 e. The number of benzene rings is 2. The van der Waals surface area contributed by atoms with Gasteiger partial charge in [0.2, 0.25) is 0 Å². The summed E-state index contributed by atoms with van der Waals surface area (Å²) < 4.78 is 15.5. The number of hydrogen-bond acceptors (Lipinski definition) is 6. The number of amides is 1. The molecule has 2 aromatic carbocycles. The Bertz CT molecular complexity index is 937. The third-order valence-corrected chi connectivity index (χ3v) is 4.66. The molecule has 0 spiro atoms. The van der Waals surface area contributed by atoms with E-state index in [-0.39, 0.29) is 12.4 Å². The molecule has 1 aliphatic carbocycles. The van der Waals surface area contributed by atoms with Crippen LogP contribution >= 0.6 is 0 Å². The fraction of sp³-hybridized carbons (Fsp3) is 0.318. The van der Waals surface area contributed by atoms with E-state index in [1.807, 2.05) is 18.2 Å². The van der Waals surface area contributed by atoms with Gasteiger partial charge in [-0.25, -0.2) is 4.79 Å². The average Bonchev–Trinajstić information content (AvgIpc) is 3.18. The standard InChI is InChI=1S/C22H23NO6/c1-14(24)16-7-9-19(20(11-16)27-2)28-13-22(26)29-12-21(25)23-18-8-6-15-4-3-5-17(15)10-18/h6-11H,3-5,12-13H2,1-2H3,(H,23,25). The summed E-state index contributed by atoms with van der Waals surface area (Å²) in [5.74, 6) is -0.577. The number of aryl methyl sites for hydroxylation is 2. The predicted octanol–water partition coefficient (Wildman–Crippen LogP) is 2.95. The molecule has 0 aliphatic heterocycles. The largest absolute Gasteiger partial charge is 0.493 e. The quantitative estimate of drug-likeness (QED) is 0.544. The maximum atomic E-state index is 12.0. The first-order valence-corrected chi connectivity index (χ1v) is 9.35. The smallest absolute Gasteiger partial charge is 0.344 e. The van der Waals surface area contributed by atoms with Crippen LogP contribution in [0.1, 0.15) is 34.8 Å². The lowest BCUT2D eigenvalue weighted by Crippen LogP contribution is -2.23. The van der Waals surface area contributed by atoms with Crippen molar-refractivity contribution in [3.05, 3.63) is 53.1 Å². The van der Waals surface area contributed by atoms with Crippen LogP contribution in [0.5, 0.6) is 11.5 Å². The van der Waals surface area contributed by atoms with E-state index < -0.39 is 18.5 Å². The van der Waals surface area contributed by atoms with Crippen molar-refractivity contribution in [1.29, 1.82) is 0 Å². The minimum absolute atomic E-state index is 0.108. The van der Waals surface area contributed by atoms with Crippen LogP contribution in [0.25, 0.3) is 0 Å². The molecule has 0 saturated carbocycles. The number of nitrogens with one attached hydrogen (secondary N) is 1. The first kappa shape index (κ1) is 20.4. The van der Waals surface area contributed by atoms with Gasteiger partial charge in [0, 0.05) is 11.3 Å². The van der Waals surface area contributed by atoms with Crippen molar-refractivity contribution in [3.8, 4) is 11.5 Å². The molecular weight excluding hydrogens is 374 g/mol. The van der Waals surface area contributed by atoms with Crippen LogP contribution in [0.15, 0.2) is 36.4 Å². The van der Waals surface area contributed by atoms with Crippen LogP contribution < -0.4 is 14.8 Å². The fourth-order valence-corrected chi connectivity index (χ4v) is 3.18. The fourth-order valence-electron chi connectivity index (χ4n) is 3.18. The molecule has 1 amide bonds. The van der Waals surface area contributed by atoms with Crippen molar-refractivity contribution < 1.29 is 28.6 Å². The SMILES string of the molecule is COc1cc(C(C)=O)ccc1OCC(=O)OCC(=O)Nc1ccc2c(c1)CCC2. The highest BCUT2D eigenvalue weighted by molar-refractivity contribution is 5.95. The van der Waals surface area contributed by atoms with E-state index in [4.69, 9.17) is 14.2 Å². The summed E-state index contributed by atoms with van der Waals surface area (Å²) in [6.45, 7) is 0.655. The van der Waals surface area contributed by atoms with Gasteiger partial charge < -0.3 is 19.5 Å². The molecule has 0 bridgehead atoms. The van der Waals surface area contributed by atoms with Gasteiger partial charge in [-0.3, -0.25) is 9.59 Å². The molecule has 2 aromatic rings. The Labute approximate surface area is 169 Å². The molecule has 1 aliphatic rings. The van der Waals surface area contributed by atoms with Gasteiger partial charge in [-0.2, -0.15) is 0 Å². The number of Topliss-reactive ketones (excluding diaryl/α,β-unsaturated/α-hetero) is 1. The summed E-state index contributed by atoms with van der Waals surface area (Å²) in [5, 5.41) is 2.73. The molecule has 3 rings (SSSR count). The van der Waals surface area contributed by atoms with Crippen molar-refractivity contribution in [2.24, 2.45) is 0 Å². The number of anilines is 1. The van der Waals surface area contributed by atoms with E-state index in [1.54, 1.807) is 12.1 Å². The molecule has 0 fully saturated rings. The van der Waals surface area contributed by atoms with E-state index >= 15 is 0 Å². The average molecular weight is 397 g/mol. The van der Waals surface area contributed by atoms with E-state index in [0.717, 1.165) is 19.3 Å². The molecule has 0 saturated heterocycles. The third kappa shape index (κ3) is 5.34. The first-order chi connectivity index (χ1) is 14.0. The molecule has 0 unspecified atom stereocenters. The zero-order valence-corrected chi connectivity index (χ0v) is 16.4. The molecule has 0 radical (unpaired) electrons. The van der Waals surface area contributed by atoms with E-state index in [0.29, 0.717) is 22.7 Å². The van der Waals surface area contributed by atoms with Gasteiger partial charge in [-0.15, -0.1) is 0 Å². The maximum absolute atomic E-state index is 12.0. The number of hydrogen-bond donors (Lipinski definition) is 1. The molecule has 0 heterocycles. The Kier molecular flexibility index (Phi) is 6.49. The number of carbonyl (C=O) groups excluding carboxylic acids is 3. The zero-order chi connectivity index (χ0) is 20.8. The Hall–Kier alpha value is -3.35. The van der Waals surface area contributed by atoms with Gasteiger partial charge in [0.05, 0.1) is 7.11 Å². The molecule has 0 aromatic heterocycles. The van der Waals surface area contributed by atoms with Gasteiger partial charge in [0.15, 0.2) is 30.5 Å². The highest BCUT2D eigenvalue weighted by Gasteiger charge is 2.14. The lowest BCUT2D eigenvalue weighted by Gasteiger charge is -2.11. The molecular formula is C22H23NO6. The Morgan fingerprint density at radius 3 is 2.52 bits per heavy atom. The minimum atomic E-state index is -0.688. The van der Waals surface area contributed by atoms with Crippen molar-refractivity contribution in [1.82, 2.24) is 0 Å². The highest BCUT2D eigenvalue weighted by Crippen LogP contribution is 2.28. The third-order valence-electron chi connectivity index (χ3n) is 4.66. The van der Waals surface area contributed by atoms with Gasteiger partial charge >= 0.3 is 5.97 Å². The molecule has 7 nitrogen and oxygen atoms in total. The Balaban J connectivity index is 1.46. The van der Waals surface area contributed by atoms with Crippen molar-refractivity contribution >= 4 is 23.3 Å². The second-order valence-electron chi connectivity index (χ2n) is 6.76. The van der Waals surface area contributed by atoms with Crippen molar-refractivity contribution in [2.75, 3.05) is 25.6 Å². The number of methoxy groups -OCH3 is 1. The second-order valence-corrected chi connectivity index (χ2v) is 6.76. The van der Waals surface area contributed by atoms with Crippen LogP contribution in [0.2, 0.25) is 0 Å².